The van der Waals surface area contributed by atoms with Gasteiger partial charge in [-0.15, -0.1) is 0 Å². The second-order valence-corrected chi connectivity index (χ2v) is 20.5. The number of nitrogens with zero attached hydrogens (tertiary/aromatic N) is 5. The molecular formula is C56H52FN7O8S. The third-order valence-electron chi connectivity index (χ3n) is 14.0. The van der Waals surface area contributed by atoms with E-state index in [9.17, 15) is 22.8 Å². The van der Waals surface area contributed by atoms with Gasteiger partial charge < -0.3 is 24.4 Å². The van der Waals surface area contributed by atoms with Crippen molar-refractivity contribution in [2.24, 2.45) is 24.8 Å². The second-order valence-electron chi connectivity index (χ2n) is 18.9. The highest BCUT2D eigenvalue weighted by Crippen LogP contribution is 2.46. The first kappa shape index (κ1) is 47.2. The van der Waals surface area contributed by atoms with Crippen LogP contribution in [-0.4, -0.2) is 54.0 Å². The molecule has 3 fully saturated rings. The number of hydrogen-bond donors (Lipinski definition) is 2. The molecular weight excluding hydrogens is 950 g/mol. The number of aromatic nitrogens is 3. The molecule has 2 aromatic heterocycles. The molecule has 73 heavy (non-hydrogen) atoms. The van der Waals surface area contributed by atoms with Crippen molar-refractivity contribution in [2.45, 2.75) is 45.5 Å². The molecule has 11 rings (SSSR count). The molecule has 8 aromatic rings. The Bertz CT molecular complexity index is 3550. The van der Waals surface area contributed by atoms with Gasteiger partial charge in [-0.1, -0.05) is 91.0 Å². The fourth-order valence-corrected chi connectivity index (χ4v) is 11.2. The van der Waals surface area contributed by atoms with Crippen molar-refractivity contribution in [3.05, 3.63) is 179 Å². The monoisotopic (exact) mass is 1000 g/mol. The molecule has 2 unspecified atom stereocenters. The number of anilines is 3. The summed E-state index contributed by atoms with van der Waals surface area (Å²) in [6.07, 6.45) is 3.65. The number of carbonyl (C=O) groups is 2. The van der Waals surface area contributed by atoms with Gasteiger partial charge in [0.05, 0.1) is 11.0 Å². The Hall–Kier alpha value is -8.18. The zero-order chi connectivity index (χ0) is 50.2. The van der Waals surface area contributed by atoms with Crippen molar-refractivity contribution in [2.75, 3.05) is 34.2 Å². The number of carbonyl (C=O) groups excluding carboxylic acids is 2. The molecule has 1 aliphatic carbocycles. The highest BCUT2D eigenvalue weighted by atomic mass is 32.2. The van der Waals surface area contributed by atoms with Gasteiger partial charge in [-0.25, -0.2) is 18.2 Å². The summed E-state index contributed by atoms with van der Waals surface area (Å²) in [5.41, 5.74) is 5.67. The van der Waals surface area contributed by atoms with Gasteiger partial charge in [0.1, 0.15) is 43.5 Å². The number of hydrogen-bond acceptors (Lipinski definition) is 10. The quantitative estimate of drug-likeness (QED) is 0.0956. The van der Waals surface area contributed by atoms with Crippen molar-refractivity contribution in [3.8, 4) is 23.2 Å². The first-order valence-electron chi connectivity index (χ1n) is 24.3. The van der Waals surface area contributed by atoms with Gasteiger partial charge in [0, 0.05) is 48.9 Å². The van der Waals surface area contributed by atoms with E-state index in [0.717, 1.165) is 72.2 Å². The highest BCUT2D eigenvalue weighted by Gasteiger charge is 2.44. The summed E-state index contributed by atoms with van der Waals surface area (Å²) in [6, 6.07) is 44.7. The lowest BCUT2D eigenvalue weighted by atomic mass is 9.90. The lowest BCUT2D eigenvalue weighted by Gasteiger charge is -2.34. The van der Waals surface area contributed by atoms with Gasteiger partial charge in [-0.2, -0.15) is 13.4 Å². The summed E-state index contributed by atoms with van der Waals surface area (Å²) < 4.78 is 66.4. The standard InChI is InChI=1S/C56H52FN7O8S/c1-61-48-31-43(18-20-46(48)64(56(61)67)47-21-22-51(71-34-38-13-7-3-8-14-38)59-55(47)72-35-39-15-9-4-10-16-39)62-25-23-36(24-26-62)27-40-29-45(40)54(66)58-42-17-19-44-41(28-42)30-49(70-33-37-11-5-2-6-12-37)53(52(44)57)63-32-50(65)60-73(63,68)69/h2-22,28,30-31,36,40,45H,23-27,29,32-35H2,1H3,(H,58,66)(H,60,65). The van der Waals surface area contributed by atoms with Crippen molar-refractivity contribution in [3.63, 3.8) is 0 Å². The lowest BCUT2D eigenvalue weighted by Crippen LogP contribution is -2.33. The van der Waals surface area contributed by atoms with E-state index in [-0.39, 0.29) is 59.3 Å². The predicted octanol–water partition coefficient (Wildman–Crippen LogP) is 8.82. The minimum Gasteiger partial charge on any atom is -0.487 e. The smallest absolute Gasteiger partial charge is 0.333 e. The molecule has 0 radical (unpaired) electrons. The molecule has 1 saturated carbocycles. The Labute approximate surface area is 420 Å². The van der Waals surface area contributed by atoms with Gasteiger partial charge in [0.25, 0.3) is 5.91 Å². The number of imidazole rings is 1. The van der Waals surface area contributed by atoms with Crippen molar-refractivity contribution >= 4 is 60.9 Å². The van der Waals surface area contributed by atoms with Gasteiger partial charge in [0.15, 0.2) is 5.82 Å². The number of pyridine rings is 1. The van der Waals surface area contributed by atoms with Crippen molar-refractivity contribution < 1.29 is 36.6 Å². The number of fused-ring (bicyclic) bond motifs is 2. The fraction of sp³-hybridized carbons (Fsp3) is 0.250. The SMILES string of the molecule is Cn1c(=O)n(-c2ccc(OCc3ccccc3)nc2OCc2ccccc2)c2ccc(N3CCC(CC4CC4C(=O)Nc4ccc5c(F)c(N6CC(=O)NS6(=O)=O)c(OCc6ccccc6)cc5c4)CC3)cc21. The molecule has 2 atom stereocenters. The van der Waals surface area contributed by atoms with Gasteiger partial charge in [-0.3, -0.25) is 18.7 Å². The van der Waals surface area contributed by atoms with E-state index in [4.69, 9.17) is 19.2 Å². The summed E-state index contributed by atoms with van der Waals surface area (Å²) in [5.74, 6) is -0.587. The van der Waals surface area contributed by atoms with Crippen LogP contribution in [-0.2, 0) is 46.7 Å². The largest absolute Gasteiger partial charge is 0.487 e. The van der Waals surface area contributed by atoms with E-state index in [1.807, 2.05) is 108 Å². The van der Waals surface area contributed by atoms with Crippen LogP contribution < -0.4 is 39.1 Å². The summed E-state index contributed by atoms with van der Waals surface area (Å²) in [4.78, 5) is 46.9. The molecule has 2 amide bonds. The van der Waals surface area contributed by atoms with Crippen LogP contribution in [0.15, 0.2) is 150 Å². The Balaban J connectivity index is 0.738. The van der Waals surface area contributed by atoms with Crippen LogP contribution in [0.4, 0.5) is 21.5 Å². The molecule has 2 N–H and O–H groups in total. The van der Waals surface area contributed by atoms with E-state index in [1.165, 1.54) is 12.1 Å². The number of amides is 2. The van der Waals surface area contributed by atoms with Crippen LogP contribution >= 0.6 is 0 Å². The Morgan fingerprint density at radius 1 is 0.767 bits per heavy atom. The summed E-state index contributed by atoms with van der Waals surface area (Å²) in [5, 5.41) is 3.53. The topological polar surface area (TPSA) is 166 Å². The van der Waals surface area contributed by atoms with Gasteiger partial charge in [0.2, 0.25) is 17.7 Å². The van der Waals surface area contributed by atoms with E-state index in [2.05, 4.69) is 22.3 Å². The maximum atomic E-state index is 16.4. The van der Waals surface area contributed by atoms with Crippen LogP contribution in [0.2, 0.25) is 0 Å². The number of aryl methyl sites for hydroxylation is 1. The summed E-state index contributed by atoms with van der Waals surface area (Å²) >= 11 is 0. The fourth-order valence-electron chi connectivity index (χ4n) is 10.0. The van der Waals surface area contributed by atoms with E-state index in [1.54, 1.807) is 34.4 Å². The van der Waals surface area contributed by atoms with Crippen molar-refractivity contribution in [1.82, 2.24) is 18.8 Å². The number of piperidine rings is 1. The average molecular weight is 1000 g/mol. The normalized spacial score (nSPS) is 17.4. The predicted molar refractivity (Wildman–Crippen MR) is 277 cm³/mol. The summed E-state index contributed by atoms with van der Waals surface area (Å²) in [6.45, 7) is 1.69. The molecule has 0 bridgehead atoms. The van der Waals surface area contributed by atoms with Crippen LogP contribution in [0.1, 0.15) is 42.4 Å². The minimum atomic E-state index is -4.34. The van der Waals surface area contributed by atoms with Gasteiger partial charge in [-0.05, 0) is 108 Å². The molecule has 3 aliphatic rings. The molecule has 372 valence electrons. The Morgan fingerprint density at radius 3 is 2.08 bits per heavy atom. The lowest BCUT2D eigenvalue weighted by molar-refractivity contribution is -0.118. The van der Waals surface area contributed by atoms with Crippen LogP contribution in [0.25, 0.3) is 27.5 Å². The Morgan fingerprint density at radius 2 is 1.42 bits per heavy atom. The van der Waals surface area contributed by atoms with Crippen molar-refractivity contribution in [1.29, 1.82) is 0 Å². The molecule has 2 saturated heterocycles. The average Bonchev–Trinajstić information content (AvgIpc) is 4.06. The molecule has 2 aliphatic heterocycles. The zero-order valence-electron chi connectivity index (χ0n) is 39.9. The second kappa shape index (κ2) is 19.8. The van der Waals surface area contributed by atoms with Gasteiger partial charge >= 0.3 is 15.9 Å². The van der Waals surface area contributed by atoms with E-state index >= 15 is 4.39 Å². The number of benzene rings is 6. The number of halogens is 1. The van der Waals surface area contributed by atoms with Crippen LogP contribution in [0.3, 0.4) is 0 Å². The Kier molecular flexibility index (Phi) is 12.8. The molecule has 15 nitrogen and oxygen atoms in total. The number of nitrogens with one attached hydrogen (secondary N) is 2. The number of rotatable bonds is 16. The van der Waals surface area contributed by atoms with E-state index in [0.29, 0.717) is 39.5 Å². The van der Waals surface area contributed by atoms with E-state index < -0.39 is 28.5 Å². The van der Waals surface area contributed by atoms with Crippen LogP contribution in [0, 0.1) is 23.6 Å². The molecule has 0 spiro atoms. The van der Waals surface area contributed by atoms with Crippen LogP contribution in [0.5, 0.6) is 17.5 Å². The molecule has 17 heteroatoms. The highest BCUT2D eigenvalue weighted by molar-refractivity contribution is 7.92. The minimum absolute atomic E-state index is 0.0226. The zero-order valence-corrected chi connectivity index (χ0v) is 40.8. The maximum Gasteiger partial charge on any atom is 0.333 e. The molecule has 6 aromatic carbocycles. The summed E-state index contributed by atoms with van der Waals surface area (Å²) in [7, 11) is -2.57. The first-order valence-corrected chi connectivity index (χ1v) is 25.8. The number of ether oxygens (including phenoxy) is 3. The first-order chi connectivity index (χ1) is 35.5. The molecule has 4 heterocycles. The third-order valence-corrected chi connectivity index (χ3v) is 15.4. The maximum absolute atomic E-state index is 16.4. The third kappa shape index (κ3) is 9.92.